The number of ether oxygens (including phenoxy) is 2. The van der Waals surface area contributed by atoms with Crippen LogP contribution in [0.5, 0.6) is 11.5 Å². The molecule has 2 N–H and O–H groups in total. The Labute approximate surface area is 170 Å². The van der Waals surface area contributed by atoms with E-state index in [0.29, 0.717) is 17.5 Å². The maximum atomic E-state index is 5.33. The molecule has 0 saturated heterocycles. The maximum Gasteiger partial charge on any atom is 0.195 e. The van der Waals surface area contributed by atoms with E-state index in [-0.39, 0.29) is 29.4 Å². The van der Waals surface area contributed by atoms with E-state index in [4.69, 9.17) is 9.47 Å². The molecule has 0 bridgehead atoms. The van der Waals surface area contributed by atoms with Crippen LogP contribution in [0.3, 0.4) is 0 Å². The van der Waals surface area contributed by atoms with Crippen LogP contribution in [0.4, 0.5) is 5.69 Å². The molecule has 25 heavy (non-hydrogen) atoms. The molecule has 0 radical (unpaired) electrons. The summed E-state index contributed by atoms with van der Waals surface area (Å²) >= 11 is 1.77. The molecule has 7 heteroatoms. The first kappa shape index (κ1) is 21.6. The van der Waals surface area contributed by atoms with Gasteiger partial charge in [0, 0.05) is 35.6 Å². The fourth-order valence-corrected chi connectivity index (χ4v) is 3.14. The predicted octanol–water partition coefficient (Wildman–Crippen LogP) is 4.35. The summed E-state index contributed by atoms with van der Waals surface area (Å²) in [6, 6.07) is 9.92. The number of methoxy groups -OCH3 is 2. The molecule has 0 amide bonds. The lowest BCUT2D eigenvalue weighted by molar-refractivity contribution is 0.355. The summed E-state index contributed by atoms with van der Waals surface area (Å²) in [5.74, 6) is 2.09. The van der Waals surface area contributed by atoms with Crippen LogP contribution in [0.15, 0.2) is 40.7 Å². The number of anilines is 1. The van der Waals surface area contributed by atoms with Crippen molar-refractivity contribution >= 4 is 47.0 Å². The van der Waals surface area contributed by atoms with Crippen LogP contribution in [0.1, 0.15) is 18.7 Å². The Morgan fingerprint density at radius 1 is 1.16 bits per heavy atom. The van der Waals surface area contributed by atoms with Crippen LogP contribution < -0.4 is 20.1 Å². The Balaban J connectivity index is 0.00000312. The molecule has 2 rings (SSSR count). The van der Waals surface area contributed by atoms with E-state index >= 15 is 0 Å². The number of nitrogens with zero attached hydrogens (tertiary/aromatic N) is 1. The molecule has 1 heterocycles. The Bertz CT molecular complexity index is 688. The molecule has 0 aliphatic heterocycles. The van der Waals surface area contributed by atoms with Crippen LogP contribution in [-0.4, -0.2) is 33.8 Å². The van der Waals surface area contributed by atoms with Crippen molar-refractivity contribution < 1.29 is 9.47 Å². The van der Waals surface area contributed by atoms with Crippen molar-refractivity contribution in [3.63, 3.8) is 0 Å². The molecule has 138 valence electrons. The molecule has 0 saturated carbocycles. The zero-order chi connectivity index (χ0) is 17.6. The number of benzene rings is 1. The summed E-state index contributed by atoms with van der Waals surface area (Å²) in [4.78, 5) is 5.64. The maximum absolute atomic E-state index is 5.33. The van der Waals surface area contributed by atoms with Gasteiger partial charge in [-0.2, -0.15) is 0 Å². The summed E-state index contributed by atoms with van der Waals surface area (Å²) in [6.45, 7) is 5.21. The van der Waals surface area contributed by atoms with Gasteiger partial charge in [0.05, 0.1) is 14.2 Å². The van der Waals surface area contributed by atoms with E-state index in [1.807, 2.05) is 18.2 Å². The van der Waals surface area contributed by atoms with Gasteiger partial charge in [-0.3, -0.25) is 4.99 Å². The van der Waals surface area contributed by atoms with Crippen molar-refractivity contribution in [3.8, 4) is 11.5 Å². The highest BCUT2D eigenvalue weighted by Gasteiger charge is 2.22. The minimum absolute atomic E-state index is 0. The van der Waals surface area contributed by atoms with Gasteiger partial charge in [-0.25, -0.2) is 0 Å². The van der Waals surface area contributed by atoms with Crippen molar-refractivity contribution in [3.05, 3.63) is 40.6 Å². The van der Waals surface area contributed by atoms with Crippen LogP contribution in [0.25, 0.3) is 0 Å². The number of nitrogens with one attached hydrogen (secondary N) is 2. The van der Waals surface area contributed by atoms with Gasteiger partial charge in [-0.1, -0.05) is 19.9 Å². The standard InChI is InChI=1S/C18H25N3O2S.HI/c1-18(2,16-7-6-10-24-16)12-20-17(19-3)21-13-8-9-14(22-4)15(11-13)23-5;/h6-11H,12H2,1-5H3,(H2,19,20,21);1H. The van der Waals surface area contributed by atoms with Gasteiger partial charge < -0.3 is 20.1 Å². The third-order valence-corrected chi connectivity index (χ3v) is 4.99. The third-order valence-electron chi connectivity index (χ3n) is 3.76. The summed E-state index contributed by atoms with van der Waals surface area (Å²) in [6.07, 6.45) is 0. The summed E-state index contributed by atoms with van der Waals surface area (Å²) in [5.41, 5.74) is 0.915. The Morgan fingerprint density at radius 3 is 2.44 bits per heavy atom. The number of aliphatic imine (C=N–C) groups is 1. The smallest absolute Gasteiger partial charge is 0.195 e. The molecule has 0 fully saturated rings. The zero-order valence-corrected chi connectivity index (χ0v) is 18.4. The molecule has 0 unspecified atom stereocenters. The number of thiophene rings is 1. The van der Waals surface area contributed by atoms with E-state index in [1.165, 1.54) is 4.88 Å². The Morgan fingerprint density at radius 2 is 1.88 bits per heavy atom. The average Bonchev–Trinajstić information content (AvgIpc) is 3.14. The van der Waals surface area contributed by atoms with Crippen molar-refractivity contribution in [2.24, 2.45) is 4.99 Å². The molecule has 1 aromatic heterocycles. The fourth-order valence-electron chi connectivity index (χ4n) is 2.29. The zero-order valence-electron chi connectivity index (χ0n) is 15.3. The Hall–Kier alpha value is -1.48. The second-order valence-corrected chi connectivity index (χ2v) is 6.93. The topological polar surface area (TPSA) is 54.9 Å². The number of hydrogen-bond donors (Lipinski definition) is 2. The van der Waals surface area contributed by atoms with E-state index in [9.17, 15) is 0 Å². The number of halogens is 1. The molecule has 0 aliphatic carbocycles. The van der Waals surface area contributed by atoms with Gasteiger partial charge >= 0.3 is 0 Å². The highest BCUT2D eigenvalue weighted by Crippen LogP contribution is 2.30. The molecule has 0 aliphatic rings. The van der Waals surface area contributed by atoms with Crippen molar-refractivity contribution in [2.45, 2.75) is 19.3 Å². The van der Waals surface area contributed by atoms with E-state index in [0.717, 1.165) is 12.2 Å². The van der Waals surface area contributed by atoms with E-state index < -0.39 is 0 Å². The SMILES string of the molecule is CN=C(NCC(C)(C)c1cccs1)Nc1ccc(OC)c(OC)c1.I. The first-order valence-electron chi connectivity index (χ1n) is 7.74. The van der Waals surface area contributed by atoms with Crippen LogP contribution in [0, 0.1) is 0 Å². The number of guanidine groups is 1. The first-order chi connectivity index (χ1) is 11.5. The quantitative estimate of drug-likeness (QED) is 0.371. The van der Waals surface area contributed by atoms with Gasteiger partial charge in [0.15, 0.2) is 17.5 Å². The van der Waals surface area contributed by atoms with Crippen molar-refractivity contribution in [2.75, 3.05) is 33.1 Å². The lowest BCUT2D eigenvalue weighted by Crippen LogP contribution is -2.39. The monoisotopic (exact) mass is 475 g/mol. The average molecular weight is 475 g/mol. The molecule has 0 atom stereocenters. The first-order valence-corrected chi connectivity index (χ1v) is 8.62. The minimum Gasteiger partial charge on any atom is -0.493 e. The molecule has 0 spiro atoms. The normalized spacial score (nSPS) is 11.5. The molecule has 1 aromatic carbocycles. The third kappa shape index (κ3) is 5.78. The van der Waals surface area contributed by atoms with Crippen molar-refractivity contribution in [1.82, 2.24) is 5.32 Å². The largest absolute Gasteiger partial charge is 0.493 e. The van der Waals surface area contributed by atoms with E-state index in [1.54, 1.807) is 32.6 Å². The minimum atomic E-state index is 0. The number of rotatable bonds is 6. The lowest BCUT2D eigenvalue weighted by atomic mass is 9.91. The van der Waals surface area contributed by atoms with Crippen LogP contribution in [-0.2, 0) is 5.41 Å². The molecule has 5 nitrogen and oxygen atoms in total. The Kier molecular flexibility index (Phi) is 8.51. The summed E-state index contributed by atoms with van der Waals surface area (Å²) < 4.78 is 10.6. The number of hydrogen-bond acceptors (Lipinski definition) is 4. The second-order valence-electron chi connectivity index (χ2n) is 5.98. The van der Waals surface area contributed by atoms with Gasteiger partial charge in [-0.15, -0.1) is 35.3 Å². The molecular formula is C18H26IN3O2S. The predicted molar refractivity (Wildman–Crippen MR) is 117 cm³/mol. The second kappa shape index (κ2) is 9.86. The summed E-state index contributed by atoms with van der Waals surface area (Å²) in [5, 5.41) is 8.77. The van der Waals surface area contributed by atoms with Crippen molar-refractivity contribution in [1.29, 1.82) is 0 Å². The highest BCUT2D eigenvalue weighted by molar-refractivity contribution is 14.0. The van der Waals surface area contributed by atoms with E-state index in [2.05, 4.69) is 47.0 Å². The van der Waals surface area contributed by atoms with Gasteiger partial charge in [-0.05, 0) is 23.6 Å². The summed E-state index contributed by atoms with van der Waals surface area (Å²) in [7, 11) is 5.00. The highest BCUT2D eigenvalue weighted by atomic mass is 127. The fraction of sp³-hybridized carbons (Fsp3) is 0.389. The van der Waals surface area contributed by atoms with Gasteiger partial charge in [0.2, 0.25) is 0 Å². The lowest BCUT2D eigenvalue weighted by Gasteiger charge is -2.25. The molecular weight excluding hydrogens is 449 g/mol. The van der Waals surface area contributed by atoms with Gasteiger partial charge in [0.25, 0.3) is 0 Å². The van der Waals surface area contributed by atoms with Crippen LogP contribution >= 0.6 is 35.3 Å². The van der Waals surface area contributed by atoms with Crippen LogP contribution in [0.2, 0.25) is 0 Å². The molecule has 2 aromatic rings. The van der Waals surface area contributed by atoms with Gasteiger partial charge in [0.1, 0.15) is 0 Å².